The van der Waals surface area contributed by atoms with Gasteiger partial charge in [0, 0.05) is 38.4 Å². The Bertz CT molecular complexity index is 940. The predicted molar refractivity (Wildman–Crippen MR) is 132 cm³/mol. The van der Waals surface area contributed by atoms with Crippen LogP contribution >= 0.6 is 58.2 Å². The second-order valence-electron chi connectivity index (χ2n) is 7.33. The van der Waals surface area contributed by atoms with Crippen molar-refractivity contribution in [1.82, 2.24) is 10.2 Å². The molecule has 2 amide bonds. The normalized spacial score (nSPS) is 12.0. The SMILES string of the molecule is CC(C)NC(=O)C(C)N(Cc1ccc(Cl)cc1Cl)C(=O)CSCc1ccc(Cl)cc1Cl. The Morgan fingerprint density at radius 2 is 1.48 bits per heavy atom. The lowest BCUT2D eigenvalue weighted by Gasteiger charge is -2.29. The lowest BCUT2D eigenvalue weighted by Crippen LogP contribution is -2.49. The van der Waals surface area contributed by atoms with Crippen LogP contribution in [0.15, 0.2) is 36.4 Å². The molecule has 1 N–H and O–H groups in total. The molecule has 0 fully saturated rings. The van der Waals surface area contributed by atoms with Gasteiger partial charge in [0.15, 0.2) is 0 Å². The quantitative estimate of drug-likeness (QED) is 0.411. The summed E-state index contributed by atoms with van der Waals surface area (Å²) in [6.07, 6.45) is 0. The molecule has 2 rings (SSSR count). The van der Waals surface area contributed by atoms with E-state index in [2.05, 4.69) is 5.32 Å². The summed E-state index contributed by atoms with van der Waals surface area (Å²) in [7, 11) is 0. The fourth-order valence-electron chi connectivity index (χ4n) is 2.79. The summed E-state index contributed by atoms with van der Waals surface area (Å²) in [5.41, 5.74) is 1.61. The van der Waals surface area contributed by atoms with Gasteiger partial charge in [-0.1, -0.05) is 58.5 Å². The number of hydrogen-bond donors (Lipinski definition) is 1. The lowest BCUT2D eigenvalue weighted by atomic mass is 10.1. The van der Waals surface area contributed by atoms with Gasteiger partial charge in [0.2, 0.25) is 11.8 Å². The molecule has 0 bridgehead atoms. The van der Waals surface area contributed by atoms with Crippen molar-refractivity contribution < 1.29 is 9.59 Å². The third-order valence-electron chi connectivity index (χ3n) is 4.45. The number of amides is 2. The van der Waals surface area contributed by atoms with Crippen LogP contribution in [0.4, 0.5) is 0 Å². The number of carbonyl (C=O) groups excluding carboxylic acids is 2. The van der Waals surface area contributed by atoms with Gasteiger partial charge >= 0.3 is 0 Å². The zero-order chi connectivity index (χ0) is 23.1. The van der Waals surface area contributed by atoms with Gasteiger partial charge in [-0.25, -0.2) is 0 Å². The first-order valence-corrected chi connectivity index (χ1v) is 12.3. The van der Waals surface area contributed by atoms with Gasteiger partial charge in [-0.3, -0.25) is 9.59 Å². The summed E-state index contributed by atoms with van der Waals surface area (Å²) >= 11 is 25.9. The van der Waals surface area contributed by atoms with Crippen molar-refractivity contribution in [2.24, 2.45) is 0 Å². The van der Waals surface area contributed by atoms with Crippen molar-refractivity contribution in [1.29, 1.82) is 0 Å². The molecule has 0 aliphatic rings. The Hall–Kier alpha value is -1.11. The summed E-state index contributed by atoms with van der Waals surface area (Å²) in [5, 5.41) is 4.93. The second kappa shape index (κ2) is 12.2. The number of rotatable bonds is 9. The van der Waals surface area contributed by atoms with E-state index in [1.165, 1.54) is 16.7 Å². The fraction of sp³-hybridized carbons (Fsp3) is 0.364. The Balaban J connectivity index is 2.13. The summed E-state index contributed by atoms with van der Waals surface area (Å²) in [4.78, 5) is 27.2. The van der Waals surface area contributed by atoms with E-state index in [0.29, 0.717) is 31.4 Å². The molecule has 1 atom stereocenters. The van der Waals surface area contributed by atoms with Gasteiger partial charge in [0.05, 0.1) is 5.75 Å². The van der Waals surface area contributed by atoms with Crippen LogP contribution in [-0.4, -0.2) is 34.6 Å². The molecule has 1 unspecified atom stereocenters. The third-order valence-corrected chi connectivity index (χ3v) is 6.59. The molecular formula is C22H24Cl4N2O2S. The standard InChI is InChI=1S/C22H24Cl4N2O2S/c1-13(2)27-22(30)14(3)28(10-15-4-6-17(23)8-19(15)25)21(29)12-31-11-16-5-7-18(24)9-20(16)26/h4-9,13-14H,10-12H2,1-3H3,(H,27,30). The molecule has 0 aromatic heterocycles. The largest absolute Gasteiger partial charge is 0.352 e. The van der Waals surface area contributed by atoms with E-state index >= 15 is 0 Å². The highest BCUT2D eigenvalue weighted by Crippen LogP contribution is 2.26. The Kier molecular flexibility index (Phi) is 10.3. The lowest BCUT2D eigenvalue weighted by molar-refractivity contribution is -0.138. The first kappa shape index (κ1) is 26.1. The minimum atomic E-state index is -0.665. The highest BCUT2D eigenvalue weighted by atomic mass is 35.5. The fourth-order valence-corrected chi connectivity index (χ4v) is 4.73. The maximum atomic E-state index is 13.1. The van der Waals surface area contributed by atoms with Gasteiger partial charge in [-0.2, -0.15) is 0 Å². The van der Waals surface area contributed by atoms with Crippen molar-refractivity contribution in [3.05, 3.63) is 67.6 Å². The molecule has 168 valence electrons. The molecule has 9 heteroatoms. The molecule has 0 aliphatic heterocycles. The Morgan fingerprint density at radius 3 is 2.00 bits per heavy atom. The van der Waals surface area contributed by atoms with E-state index < -0.39 is 6.04 Å². The number of hydrogen-bond acceptors (Lipinski definition) is 3. The van der Waals surface area contributed by atoms with E-state index in [0.717, 1.165) is 5.56 Å². The molecule has 0 radical (unpaired) electrons. The number of nitrogens with one attached hydrogen (secondary N) is 1. The molecule has 4 nitrogen and oxygen atoms in total. The van der Waals surface area contributed by atoms with Crippen molar-refractivity contribution in [3.8, 4) is 0 Å². The number of halogens is 4. The average Bonchev–Trinajstić information content (AvgIpc) is 2.68. The number of benzene rings is 2. The van der Waals surface area contributed by atoms with Crippen LogP contribution in [0.3, 0.4) is 0 Å². The maximum Gasteiger partial charge on any atom is 0.242 e. The predicted octanol–water partition coefficient (Wildman–Crippen LogP) is 6.48. The van der Waals surface area contributed by atoms with Gasteiger partial charge in [0.25, 0.3) is 0 Å². The molecule has 0 saturated heterocycles. The zero-order valence-electron chi connectivity index (χ0n) is 17.4. The molecule has 2 aromatic carbocycles. The smallest absolute Gasteiger partial charge is 0.242 e. The van der Waals surface area contributed by atoms with Crippen LogP contribution in [0, 0.1) is 0 Å². The van der Waals surface area contributed by atoms with Crippen molar-refractivity contribution in [2.75, 3.05) is 5.75 Å². The highest BCUT2D eigenvalue weighted by molar-refractivity contribution is 7.99. The summed E-state index contributed by atoms with van der Waals surface area (Å²) in [6.45, 7) is 5.65. The molecule has 0 saturated carbocycles. The van der Waals surface area contributed by atoms with Crippen LogP contribution in [0.25, 0.3) is 0 Å². The molecular weight excluding hydrogens is 498 g/mol. The van der Waals surface area contributed by atoms with E-state index in [1.807, 2.05) is 19.9 Å². The summed E-state index contributed by atoms with van der Waals surface area (Å²) in [5.74, 6) is 0.333. The van der Waals surface area contributed by atoms with E-state index in [4.69, 9.17) is 46.4 Å². The molecule has 0 spiro atoms. The maximum absolute atomic E-state index is 13.1. The molecule has 0 heterocycles. The van der Waals surface area contributed by atoms with E-state index in [1.54, 1.807) is 37.3 Å². The number of carbonyl (C=O) groups is 2. The van der Waals surface area contributed by atoms with Crippen LogP contribution in [0.5, 0.6) is 0 Å². The average molecular weight is 522 g/mol. The van der Waals surface area contributed by atoms with Crippen LogP contribution in [0.2, 0.25) is 20.1 Å². The van der Waals surface area contributed by atoms with E-state index in [-0.39, 0.29) is 30.2 Å². The van der Waals surface area contributed by atoms with E-state index in [9.17, 15) is 9.59 Å². The van der Waals surface area contributed by atoms with Gasteiger partial charge in [0.1, 0.15) is 6.04 Å². The van der Waals surface area contributed by atoms with Crippen LogP contribution in [0.1, 0.15) is 31.9 Å². The van der Waals surface area contributed by atoms with Crippen molar-refractivity contribution in [3.63, 3.8) is 0 Å². The van der Waals surface area contributed by atoms with Gasteiger partial charge in [-0.05, 0) is 56.2 Å². The van der Waals surface area contributed by atoms with Crippen molar-refractivity contribution >= 4 is 70.0 Å². The molecule has 31 heavy (non-hydrogen) atoms. The minimum Gasteiger partial charge on any atom is -0.352 e. The second-order valence-corrected chi connectivity index (χ2v) is 10.00. The monoisotopic (exact) mass is 520 g/mol. The molecule has 2 aromatic rings. The number of thioether (sulfide) groups is 1. The minimum absolute atomic E-state index is 0.0348. The Labute approximate surface area is 207 Å². The van der Waals surface area contributed by atoms with Crippen LogP contribution in [-0.2, 0) is 21.9 Å². The summed E-state index contributed by atoms with van der Waals surface area (Å²) in [6, 6.07) is 9.67. The Morgan fingerprint density at radius 1 is 0.935 bits per heavy atom. The van der Waals surface area contributed by atoms with Crippen LogP contribution < -0.4 is 5.32 Å². The first-order chi connectivity index (χ1) is 14.6. The third kappa shape index (κ3) is 8.07. The zero-order valence-corrected chi connectivity index (χ0v) is 21.3. The van der Waals surface area contributed by atoms with Gasteiger partial charge in [-0.15, -0.1) is 11.8 Å². The van der Waals surface area contributed by atoms with Crippen molar-refractivity contribution in [2.45, 2.75) is 45.2 Å². The highest BCUT2D eigenvalue weighted by Gasteiger charge is 2.27. The first-order valence-electron chi connectivity index (χ1n) is 9.64. The number of nitrogens with zero attached hydrogens (tertiary/aromatic N) is 1. The summed E-state index contributed by atoms with van der Waals surface area (Å²) < 4.78 is 0. The topological polar surface area (TPSA) is 49.4 Å². The molecule has 0 aliphatic carbocycles. The van der Waals surface area contributed by atoms with Gasteiger partial charge < -0.3 is 10.2 Å².